The second-order valence-corrected chi connectivity index (χ2v) is 11.8. The molecule has 0 fully saturated rings. The number of hydrogen-bond donors (Lipinski definition) is 0. The summed E-state index contributed by atoms with van der Waals surface area (Å²) in [6.07, 6.45) is 0. The first-order valence-electron chi connectivity index (χ1n) is 9.27. The first kappa shape index (κ1) is 17.7. The summed E-state index contributed by atoms with van der Waals surface area (Å²) in [5.41, 5.74) is 0. The van der Waals surface area contributed by atoms with E-state index in [0.29, 0.717) is 0 Å². The van der Waals surface area contributed by atoms with E-state index in [4.69, 9.17) is 4.12 Å². The zero-order valence-corrected chi connectivity index (χ0v) is 17.4. The van der Waals surface area contributed by atoms with Crippen molar-refractivity contribution < 1.29 is 4.12 Å². The molecule has 0 aliphatic rings. The van der Waals surface area contributed by atoms with E-state index in [-0.39, 0.29) is 0 Å². The molecule has 0 heterocycles. The van der Waals surface area contributed by atoms with Crippen molar-refractivity contribution in [3.8, 4) is 0 Å². The maximum absolute atomic E-state index is 7.07. The van der Waals surface area contributed by atoms with Gasteiger partial charge in [0.2, 0.25) is 18.1 Å². The Balaban J connectivity index is 1.77. The van der Waals surface area contributed by atoms with Crippen LogP contribution in [0, 0.1) is 0 Å². The summed E-state index contributed by atoms with van der Waals surface area (Å²) in [7, 11) is -3.57. The fourth-order valence-electron chi connectivity index (χ4n) is 3.35. The average molecular weight is 383 g/mol. The maximum atomic E-state index is 7.07. The minimum Gasteiger partial charge on any atom is -0.446 e. The Kier molecular flexibility index (Phi) is 5.74. The lowest BCUT2D eigenvalue weighted by Crippen LogP contribution is -2.55. The van der Waals surface area contributed by atoms with E-state index in [1.165, 1.54) is 20.7 Å². The van der Waals surface area contributed by atoms with Crippen molar-refractivity contribution in [2.24, 2.45) is 0 Å². The second-order valence-electron chi connectivity index (χ2n) is 6.54. The topological polar surface area (TPSA) is 9.23 Å². The molecule has 4 aromatic rings. The maximum Gasteiger partial charge on any atom is 0.228 e. The van der Waals surface area contributed by atoms with Crippen LogP contribution in [-0.4, -0.2) is 18.1 Å². The molecular weight excluding hydrogens is 360 g/mol. The minimum absolute atomic E-state index is 1.33. The summed E-state index contributed by atoms with van der Waals surface area (Å²) >= 11 is 0. The van der Waals surface area contributed by atoms with Crippen molar-refractivity contribution in [1.29, 1.82) is 0 Å². The molecule has 0 amide bonds. The van der Waals surface area contributed by atoms with Gasteiger partial charge in [0, 0.05) is 0 Å². The Morgan fingerprint density at radius 1 is 0.333 bits per heavy atom. The van der Waals surface area contributed by atoms with Gasteiger partial charge < -0.3 is 4.12 Å². The van der Waals surface area contributed by atoms with Crippen molar-refractivity contribution >= 4 is 38.8 Å². The van der Waals surface area contributed by atoms with Crippen LogP contribution in [0.25, 0.3) is 0 Å². The molecule has 0 aliphatic carbocycles. The van der Waals surface area contributed by atoms with Gasteiger partial charge in [-0.25, -0.2) is 0 Å². The van der Waals surface area contributed by atoms with Crippen LogP contribution in [0.2, 0.25) is 0 Å². The van der Waals surface area contributed by atoms with Crippen LogP contribution in [-0.2, 0) is 4.12 Å². The van der Waals surface area contributed by atoms with E-state index >= 15 is 0 Å². The van der Waals surface area contributed by atoms with Crippen LogP contribution >= 0.6 is 0 Å². The average Bonchev–Trinajstić information content (AvgIpc) is 2.77. The first-order valence-corrected chi connectivity index (χ1v) is 12.5. The van der Waals surface area contributed by atoms with E-state index in [9.17, 15) is 0 Å². The van der Waals surface area contributed by atoms with Gasteiger partial charge in [0.15, 0.2) is 0 Å². The zero-order valence-electron chi connectivity index (χ0n) is 15.1. The van der Waals surface area contributed by atoms with Gasteiger partial charge in [-0.1, -0.05) is 121 Å². The van der Waals surface area contributed by atoms with Crippen molar-refractivity contribution in [1.82, 2.24) is 0 Å². The van der Waals surface area contributed by atoms with Gasteiger partial charge in [-0.15, -0.1) is 0 Å². The molecule has 0 atom stereocenters. The van der Waals surface area contributed by atoms with Crippen molar-refractivity contribution in [2.45, 2.75) is 0 Å². The Hall–Kier alpha value is -2.73. The lowest BCUT2D eigenvalue weighted by Gasteiger charge is -2.25. The summed E-state index contributed by atoms with van der Waals surface area (Å²) in [6.45, 7) is 0. The van der Waals surface area contributed by atoms with Gasteiger partial charge in [-0.3, -0.25) is 0 Å². The Bertz CT molecular complexity index is 785. The highest BCUT2D eigenvalue weighted by atomic mass is 28.4. The molecule has 0 saturated heterocycles. The Labute approximate surface area is 164 Å². The van der Waals surface area contributed by atoms with Crippen LogP contribution < -0.4 is 20.7 Å². The predicted molar refractivity (Wildman–Crippen MR) is 120 cm³/mol. The number of hydrogen-bond acceptors (Lipinski definition) is 1. The van der Waals surface area contributed by atoms with Crippen molar-refractivity contribution in [3.05, 3.63) is 121 Å². The van der Waals surface area contributed by atoms with Gasteiger partial charge in [0.25, 0.3) is 0 Å². The third-order valence-electron chi connectivity index (χ3n) is 4.68. The molecule has 0 bridgehead atoms. The largest absolute Gasteiger partial charge is 0.446 e. The molecule has 3 heteroatoms. The first-order chi connectivity index (χ1) is 13.4. The molecule has 0 aromatic heterocycles. The normalized spacial score (nSPS) is 11.0. The van der Waals surface area contributed by atoms with E-state index in [1.54, 1.807) is 0 Å². The Morgan fingerprint density at radius 3 is 0.778 bits per heavy atom. The highest BCUT2D eigenvalue weighted by Crippen LogP contribution is 2.00. The van der Waals surface area contributed by atoms with Crippen molar-refractivity contribution in [2.75, 3.05) is 0 Å². The fraction of sp³-hybridized carbons (Fsp3) is 0. The quantitative estimate of drug-likeness (QED) is 0.464. The van der Waals surface area contributed by atoms with Crippen LogP contribution in [0.5, 0.6) is 0 Å². The molecule has 0 N–H and O–H groups in total. The fourth-order valence-corrected chi connectivity index (χ4v) is 10.0. The zero-order chi connectivity index (χ0) is 18.3. The molecule has 4 aromatic carbocycles. The van der Waals surface area contributed by atoms with Gasteiger partial charge >= 0.3 is 0 Å². The van der Waals surface area contributed by atoms with Gasteiger partial charge in [-0.05, 0) is 20.7 Å². The monoisotopic (exact) mass is 382 g/mol. The number of benzene rings is 4. The lowest BCUT2D eigenvalue weighted by atomic mass is 10.4. The second kappa shape index (κ2) is 8.78. The molecule has 27 heavy (non-hydrogen) atoms. The molecule has 0 spiro atoms. The number of rotatable bonds is 6. The summed E-state index contributed by atoms with van der Waals surface area (Å²) in [5, 5.41) is 5.31. The highest BCUT2D eigenvalue weighted by molar-refractivity contribution is 6.91. The highest BCUT2D eigenvalue weighted by Gasteiger charge is 2.25. The minimum atomic E-state index is -1.79. The van der Waals surface area contributed by atoms with Crippen LogP contribution in [0.1, 0.15) is 0 Å². The predicted octanol–water partition coefficient (Wildman–Crippen LogP) is 2.08. The van der Waals surface area contributed by atoms with Crippen LogP contribution in [0.4, 0.5) is 0 Å². The standard InChI is InChI=1S/C24H22OSi2/c1-5-13-21(14-6-1)26(22-15-7-2-8-16-22)25-27(23-17-9-3-10-18-23)24-19-11-4-12-20-24/h1-20,26-27H. The van der Waals surface area contributed by atoms with E-state index in [2.05, 4.69) is 121 Å². The summed E-state index contributed by atoms with van der Waals surface area (Å²) in [5.74, 6) is 0. The van der Waals surface area contributed by atoms with Crippen LogP contribution in [0.3, 0.4) is 0 Å². The Morgan fingerprint density at radius 2 is 0.556 bits per heavy atom. The molecule has 0 aliphatic heterocycles. The molecule has 132 valence electrons. The van der Waals surface area contributed by atoms with Gasteiger partial charge in [-0.2, -0.15) is 0 Å². The smallest absolute Gasteiger partial charge is 0.228 e. The molecule has 0 saturated carbocycles. The molecule has 1 nitrogen and oxygen atoms in total. The summed E-state index contributed by atoms with van der Waals surface area (Å²) in [6, 6.07) is 42.9. The molecular formula is C24H22OSi2. The van der Waals surface area contributed by atoms with E-state index in [0.717, 1.165) is 0 Å². The van der Waals surface area contributed by atoms with E-state index in [1.807, 2.05) is 0 Å². The van der Waals surface area contributed by atoms with E-state index < -0.39 is 18.1 Å². The van der Waals surface area contributed by atoms with Crippen LogP contribution in [0.15, 0.2) is 121 Å². The third-order valence-corrected chi connectivity index (χ3v) is 10.8. The molecule has 0 unspecified atom stereocenters. The van der Waals surface area contributed by atoms with Crippen molar-refractivity contribution in [3.63, 3.8) is 0 Å². The lowest BCUT2D eigenvalue weighted by molar-refractivity contribution is 0.633. The van der Waals surface area contributed by atoms with Gasteiger partial charge in [0.1, 0.15) is 0 Å². The summed E-state index contributed by atoms with van der Waals surface area (Å²) < 4.78 is 7.07. The summed E-state index contributed by atoms with van der Waals surface area (Å²) in [4.78, 5) is 0. The molecule has 4 rings (SSSR count). The SMILES string of the molecule is c1ccc([SiH](O[SiH](c2ccccc2)c2ccccc2)c2ccccc2)cc1. The molecule has 0 radical (unpaired) electrons. The van der Waals surface area contributed by atoms with Gasteiger partial charge in [0.05, 0.1) is 0 Å². The third kappa shape index (κ3) is 4.34.